The van der Waals surface area contributed by atoms with Gasteiger partial charge in [0, 0.05) is 37.8 Å². The first kappa shape index (κ1) is 19.6. The zero-order valence-corrected chi connectivity index (χ0v) is 16.6. The van der Waals surface area contributed by atoms with E-state index in [0.717, 1.165) is 56.1 Å². The van der Waals surface area contributed by atoms with Crippen molar-refractivity contribution in [2.45, 2.75) is 19.8 Å². The van der Waals surface area contributed by atoms with Gasteiger partial charge in [-0.25, -0.2) is 14.4 Å². The lowest BCUT2D eigenvalue weighted by Gasteiger charge is -2.36. The average Bonchev–Trinajstić information content (AvgIpc) is 2.76. The molecule has 8 heteroatoms. The third-order valence-electron chi connectivity index (χ3n) is 5.64. The van der Waals surface area contributed by atoms with Crippen LogP contribution in [0.3, 0.4) is 0 Å². The fourth-order valence-electron chi connectivity index (χ4n) is 3.94. The number of anilines is 3. The topological polar surface area (TPSA) is 70.6 Å². The monoisotopic (exact) mass is 399 g/mol. The molecular weight excluding hydrogens is 373 g/mol. The van der Waals surface area contributed by atoms with E-state index in [-0.39, 0.29) is 17.6 Å². The molecule has 1 aromatic carbocycles. The van der Waals surface area contributed by atoms with Crippen LogP contribution in [-0.4, -0.2) is 55.3 Å². The highest BCUT2D eigenvalue weighted by Crippen LogP contribution is 2.31. The van der Waals surface area contributed by atoms with Crippen LogP contribution in [0.25, 0.3) is 0 Å². The second-order valence-corrected chi connectivity index (χ2v) is 7.54. The summed E-state index contributed by atoms with van der Waals surface area (Å²) in [6, 6.07) is 4.42. The van der Waals surface area contributed by atoms with E-state index < -0.39 is 0 Å². The van der Waals surface area contributed by atoms with Crippen LogP contribution < -0.4 is 15.1 Å². The van der Waals surface area contributed by atoms with Crippen LogP contribution in [0.15, 0.2) is 30.7 Å². The van der Waals surface area contributed by atoms with Gasteiger partial charge in [0.25, 0.3) is 0 Å². The third-order valence-corrected chi connectivity index (χ3v) is 5.64. The Morgan fingerprint density at radius 3 is 2.66 bits per heavy atom. The zero-order valence-electron chi connectivity index (χ0n) is 16.6. The number of nitrogens with one attached hydrogen (secondary N) is 1. The highest BCUT2D eigenvalue weighted by molar-refractivity contribution is 5.93. The first-order chi connectivity index (χ1) is 14.1. The van der Waals surface area contributed by atoms with E-state index in [2.05, 4.69) is 25.1 Å². The molecule has 0 radical (unpaired) electrons. The Morgan fingerprint density at radius 2 is 1.93 bits per heavy atom. The summed E-state index contributed by atoms with van der Waals surface area (Å²) in [7, 11) is 0. The van der Waals surface area contributed by atoms with Gasteiger partial charge in [0.05, 0.1) is 25.1 Å². The van der Waals surface area contributed by atoms with Crippen molar-refractivity contribution in [2.24, 2.45) is 5.92 Å². The van der Waals surface area contributed by atoms with E-state index in [1.54, 1.807) is 19.3 Å². The maximum Gasteiger partial charge on any atom is 0.227 e. The number of rotatable bonds is 4. The van der Waals surface area contributed by atoms with E-state index in [9.17, 15) is 9.18 Å². The standard InChI is InChI=1S/C21H26FN5O2/c1-15-12-17(22)2-3-18(15)25-21(28)16-4-6-26(7-5-16)19-13-23-14-24-20(19)27-8-10-29-11-9-27/h2-3,12-14,16H,4-11H2,1H3,(H,25,28). The van der Waals surface area contributed by atoms with Crippen LogP contribution in [-0.2, 0) is 9.53 Å². The quantitative estimate of drug-likeness (QED) is 0.852. The fraction of sp³-hybridized carbons (Fsp3) is 0.476. The van der Waals surface area contributed by atoms with Crippen molar-refractivity contribution in [3.05, 3.63) is 42.1 Å². The highest BCUT2D eigenvalue weighted by atomic mass is 19.1. The SMILES string of the molecule is Cc1cc(F)ccc1NC(=O)C1CCN(c2cncnc2N2CCOCC2)CC1. The Labute approximate surface area is 169 Å². The summed E-state index contributed by atoms with van der Waals surface area (Å²) in [5.41, 5.74) is 2.42. The molecule has 0 aliphatic carbocycles. The van der Waals surface area contributed by atoms with Crippen molar-refractivity contribution in [1.29, 1.82) is 0 Å². The zero-order chi connectivity index (χ0) is 20.2. The van der Waals surface area contributed by atoms with Gasteiger partial charge in [-0.05, 0) is 43.5 Å². The molecule has 0 atom stereocenters. The summed E-state index contributed by atoms with van der Waals surface area (Å²) in [5.74, 6) is 0.576. The number of amides is 1. The largest absolute Gasteiger partial charge is 0.378 e. The molecule has 2 aromatic rings. The third kappa shape index (κ3) is 4.48. The highest BCUT2D eigenvalue weighted by Gasteiger charge is 2.28. The van der Waals surface area contributed by atoms with Crippen molar-refractivity contribution < 1.29 is 13.9 Å². The van der Waals surface area contributed by atoms with Gasteiger partial charge in [0.2, 0.25) is 5.91 Å². The van der Waals surface area contributed by atoms with Gasteiger partial charge in [0.1, 0.15) is 12.1 Å². The van der Waals surface area contributed by atoms with Gasteiger partial charge in [-0.2, -0.15) is 0 Å². The predicted molar refractivity (Wildman–Crippen MR) is 110 cm³/mol. The molecule has 1 aromatic heterocycles. The number of ether oxygens (including phenoxy) is 1. The number of aryl methyl sites for hydroxylation is 1. The molecule has 2 aliphatic heterocycles. The number of nitrogens with zero attached hydrogens (tertiary/aromatic N) is 4. The van der Waals surface area contributed by atoms with Gasteiger partial charge in [-0.3, -0.25) is 4.79 Å². The van der Waals surface area contributed by atoms with Gasteiger partial charge < -0.3 is 19.9 Å². The molecule has 4 rings (SSSR count). The van der Waals surface area contributed by atoms with Crippen LogP contribution in [0.4, 0.5) is 21.6 Å². The Kier molecular flexibility index (Phi) is 5.89. The summed E-state index contributed by atoms with van der Waals surface area (Å²) >= 11 is 0. The molecule has 1 N–H and O–H groups in total. The fourth-order valence-corrected chi connectivity index (χ4v) is 3.94. The van der Waals surface area contributed by atoms with E-state index >= 15 is 0 Å². The minimum absolute atomic E-state index is 0.00271. The van der Waals surface area contributed by atoms with Crippen molar-refractivity contribution >= 4 is 23.1 Å². The molecule has 2 fully saturated rings. The summed E-state index contributed by atoms with van der Waals surface area (Å²) in [5, 5.41) is 2.95. The van der Waals surface area contributed by atoms with Crippen LogP contribution >= 0.6 is 0 Å². The number of aromatic nitrogens is 2. The molecule has 2 saturated heterocycles. The smallest absolute Gasteiger partial charge is 0.227 e. The average molecular weight is 399 g/mol. The summed E-state index contributed by atoms with van der Waals surface area (Å²) in [6.45, 7) is 6.38. The molecule has 0 saturated carbocycles. The molecule has 29 heavy (non-hydrogen) atoms. The molecular formula is C21H26FN5O2. The maximum absolute atomic E-state index is 13.3. The molecule has 0 spiro atoms. The lowest BCUT2D eigenvalue weighted by atomic mass is 9.95. The molecule has 1 amide bonds. The Bertz CT molecular complexity index is 864. The molecule has 0 unspecified atom stereocenters. The first-order valence-electron chi connectivity index (χ1n) is 10.1. The van der Waals surface area contributed by atoms with E-state index in [1.165, 1.54) is 12.1 Å². The van der Waals surface area contributed by atoms with E-state index in [4.69, 9.17) is 4.74 Å². The van der Waals surface area contributed by atoms with E-state index in [0.29, 0.717) is 18.9 Å². The molecule has 7 nitrogen and oxygen atoms in total. The van der Waals surface area contributed by atoms with Crippen molar-refractivity contribution in [1.82, 2.24) is 9.97 Å². The number of carbonyl (C=O) groups excluding carboxylic acids is 1. The van der Waals surface area contributed by atoms with Crippen molar-refractivity contribution in [3.63, 3.8) is 0 Å². The minimum atomic E-state index is -0.296. The molecule has 2 aliphatic rings. The number of hydrogen-bond acceptors (Lipinski definition) is 6. The van der Waals surface area contributed by atoms with Crippen molar-refractivity contribution in [2.75, 3.05) is 54.5 Å². The number of halogens is 1. The van der Waals surface area contributed by atoms with Gasteiger partial charge in [-0.1, -0.05) is 0 Å². The Balaban J connectivity index is 1.39. The minimum Gasteiger partial charge on any atom is -0.378 e. The summed E-state index contributed by atoms with van der Waals surface area (Å²) in [6.07, 6.45) is 4.95. The normalized spacial score (nSPS) is 18.0. The summed E-state index contributed by atoms with van der Waals surface area (Å²) in [4.78, 5) is 25.9. The number of piperidine rings is 1. The Morgan fingerprint density at radius 1 is 1.17 bits per heavy atom. The molecule has 3 heterocycles. The van der Waals surface area contributed by atoms with Crippen LogP contribution in [0.2, 0.25) is 0 Å². The lowest BCUT2D eigenvalue weighted by Crippen LogP contribution is -2.41. The number of hydrogen-bond donors (Lipinski definition) is 1. The van der Waals surface area contributed by atoms with Crippen molar-refractivity contribution in [3.8, 4) is 0 Å². The Hall–Kier alpha value is -2.74. The maximum atomic E-state index is 13.3. The summed E-state index contributed by atoms with van der Waals surface area (Å²) < 4.78 is 18.7. The number of morpholine rings is 1. The van der Waals surface area contributed by atoms with Crippen LogP contribution in [0.1, 0.15) is 18.4 Å². The van der Waals surface area contributed by atoms with Gasteiger partial charge >= 0.3 is 0 Å². The number of carbonyl (C=O) groups is 1. The van der Waals surface area contributed by atoms with Gasteiger partial charge in [-0.15, -0.1) is 0 Å². The second kappa shape index (κ2) is 8.73. The molecule has 154 valence electrons. The van der Waals surface area contributed by atoms with Crippen LogP contribution in [0, 0.1) is 18.7 Å². The lowest BCUT2D eigenvalue weighted by molar-refractivity contribution is -0.120. The first-order valence-corrected chi connectivity index (χ1v) is 10.1. The van der Waals surface area contributed by atoms with Crippen LogP contribution in [0.5, 0.6) is 0 Å². The van der Waals surface area contributed by atoms with E-state index in [1.807, 2.05) is 6.20 Å². The van der Waals surface area contributed by atoms with Gasteiger partial charge in [0.15, 0.2) is 5.82 Å². The molecule has 0 bridgehead atoms. The second-order valence-electron chi connectivity index (χ2n) is 7.54. The number of benzene rings is 1. The predicted octanol–water partition coefficient (Wildman–Crippen LogP) is 2.62.